The number of hydrogen-bond acceptors (Lipinski definition) is 4. The summed E-state index contributed by atoms with van der Waals surface area (Å²) in [4.78, 5) is 26.7. The third kappa shape index (κ3) is 2.75. The molecule has 2 aromatic rings. The Morgan fingerprint density at radius 1 is 1.18 bits per heavy atom. The summed E-state index contributed by atoms with van der Waals surface area (Å²) in [7, 11) is 1.56. The van der Waals surface area contributed by atoms with E-state index in [0.717, 1.165) is 0 Å². The first-order chi connectivity index (χ1) is 8.17. The van der Waals surface area contributed by atoms with Crippen molar-refractivity contribution < 1.29 is 4.74 Å². The predicted molar refractivity (Wildman–Crippen MR) is 64.0 cm³/mol. The fourth-order valence-electron chi connectivity index (χ4n) is 1.39. The van der Waals surface area contributed by atoms with E-state index in [9.17, 15) is 9.59 Å². The topological polar surface area (TPSA) is 87.0 Å². The molecule has 3 N–H and O–H groups in total. The van der Waals surface area contributed by atoms with E-state index in [2.05, 4.69) is 15.3 Å². The fourth-order valence-corrected chi connectivity index (χ4v) is 1.39. The van der Waals surface area contributed by atoms with Gasteiger partial charge in [0.05, 0.1) is 7.11 Å². The van der Waals surface area contributed by atoms with Gasteiger partial charge < -0.3 is 10.1 Å². The molecule has 2 rings (SSSR count). The Bertz CT molecular complexity index is 602. The van der Waals surface area contributed by atoms with Crippen LogP contribution >= 0.6 is 0 Å². The molecule has 0 aliphatic heterocycles. The molecule has 1 aromatic heterocycles. The number of anilines is 2. The average molecular weight is 233 g/mol. The molecule has 0 atom stereocenters. The number of benzene rings is 1. The second kappa shape index (κ2) is 4.56. The molecule has 0 bridgehead atoms. The van der Waals surface area contributed by atoms with Gasteiger partial charge in [-0.1, -0.05) is 6.07 Å². The van der Waals surface area contributed by atoms with Crippen LogP contribution in [0, 0.1) is 0 Å². The second-order valence-corrected chi connectivity index (χ2v) is 3.36. The Hall–Kier alpha value is -2.50. The van der Waals surface area contributed by atoms with Crippen LogP contribution in [0.3, 0.4) is 0 Å². The van der Waals surface area contributed by atoms with Crippen LogP contribution in [0.4, 0.5) is 11.5 Å². The van der Waals surface area contributed by atoms with Gasteiger partial charge in [-0.05, 0) is 12.1 Å². The highest BCUT2D eigenvalue weighted by Gasteiger charge is 1.99. The first kappa shape index (κ1) is 11.0. The van der Waals surface area contributed by atoms with Crippen molar-refractivity contribution >= 4 is 11.5 Å². The molecule has 0 saturated carbocycles. The number of aromatic nitrogens is 2. The quantitative estimate of drug-likeness (QED) is 0.732. The molecule has 17 heavy (non-hydrogen) atoms. The lowest BCUT2D eigenvalue weighted by Gasteiger charge is -2.06. The van der Waals surface area contributed by atoms with E-state index in [0.29, 0.717) is 17.3 Å². The Morgan fingerprint density at radius 3 is 2.71 bits per heavy atom. The van der Waals surface area contributed by atoms with Gasteiger partial charge in [0.2, 0.25) is 0 Å². The average Bonchev–Trinajstić information content (AvgIpc) is 2.28. The predicted octanol–water partition coefficient (Wildman–Crippen LogP) is 0.815. The molecule has 0 saturated heterocycles. The molecule has 88 valence electrons. The fraction of sp³-hybridized carbons (Fsp3) is 0.0909. The smallest absolute Gasteiger partial charge is 0.327 e. The van der Waals surface area contributed by atoms with Gasteiger partial charge in [-0.25, -0.2) is 4.79 Å². The van der Waals surface area contributed by atoms with E-state index in [-0.39, 0.29) is 0 Å². The van der Waals surface area contributed by atoms with E-state index in [1.165, 1.54) is 6.07 Å². The summed E-state index contributed by atoms with van der Waals surface area (Å²) in [5.74, 6) is 1.01. The number of rotatable bonds is 3. The van der Waals surface area contributed by atoms with Crippen LogP contribution < -0.4 is 21.3 Å². The molecule has 0 amide bonds. The Labute approximate surface area is 96.3 Å². The van der Waals surface area contributed by atoms with Crippen LogP contribution in [0.15, 0.2) is 39.9 Å². The lowest BCUT2D eigenvalue weighted by Crippen LogP contribution is -2.22. The van der Waals surface area contributed by atoms with Gasteiger partial charge in [0.1, 0.15) is 11.6 Å². The Balaban J connectivity index is 2.31. The summed E-state index contributed by atoms with van der Waals surface area (Å²) in [6.07, 6.45) is 0. The number of ether oxygens (including phenoxy) is 1. The molecule has 0 aliphatic carbocycles. The first-order valence-electron chi connectivity index (χ1n) is 4.92. The number of methoxy groups -OCH3 is 1. The van der Waals surface area contributed by atoms with Crippen LogP contribution in [0.2, 0.25) is 0 Å². The van der Waals surface area contributed by atoms with Crippen LogP contribution in [0.5, 0.6) is 5.75 Å². The van der Waals surface area contributed by atoms with Gasteiger partial charge in [0.15, 0.2) is 0 Å². The van der Waals surface area contributed by atoms with Crippen LogP contribution in [-0.4, -0.2) is 17.1 Å². The van der Waals surface area contributed by atoms with Crippen molar-refractivity contribution in [2.75, 3.05) is 12.4 Å². The highest BCUT2D eigenvalue weighted by molar-refractivity contribution is 5.57. The highest BCUT2D eigenvalue weighted by Crippen LogP contribution is 2.18. The van der Waals surface area contributed by atoms with Crippen molar-refractivity contribution in [1.82, 2.24) is 9.97 Å². The minimum atomic E-state index is -0.553. The van der Waals surface area contributed by atoms with Gasteiger partial charge in [0.25, 0.3) is 5.56 Å². The number of hydrogen-bond donors (Lipinski definition) is 3. The standard InChI is InChI=1S/C11H11N3O3/c1-17-8-4-2-3-7(5-8)12-9-6-10(15)14-11(16)13-9/h2-6H,1H3,(H3,12,13,14,15,16). The van der Waals surface area contributed by atoms with Crippen molar-refractivity contribution in [2.24, 2.45) is 0 Å². The number of nitrogens with one attached hydrogen (secondary N) is 3. The third-order valence-electron chi connectivity index (χ3n) is 2.11. The third-order valence-corrected chi connectivity index (χ3v) is 2.11. The molecule has 1 aromatic carbocycles. The molecular weight excluding hydrogens is 222 g/mol. The lowest BCUT2D eigenvalue weighted by molar-refractivity contribution is 0.415. The van der Waals surface area contributed by atoms with E-state index in [1.807, 2.05) is 0 Å². The lowest BCUT2D eigenvalue weighted by atomic mass is 10.3. The summed E-state index contributed by atoms with van der Waals surface area (Å²) in [5, 5.41) is 2.90. The summed E-state index contributed by atoms with van der Waals surface area (Å²) in [6.45, 7) is 0. The molecule has 6 nitrogen and oxygen atoms in total. The van der Waals surface area contributed by atoms with Crippen LogP contribution in [0.25, 0.3) is 0 Å². The summed E-state index contributed by atoms with van der Waals surface area (Å²) in [6, 6.07) is 8.40. The van der Waals surface area contributed by atoms with Crippen LogP contribution in [0.1, 0.15) is 0 Å². The van der Waals surface area contributed by atoms with E-state index < -0.39 is 11.2 Å². The van der Waals surface area contributed by atoms with E-state index >= 15 is 0 Å². The normalized spacial score (nSPS) is 9.94. The van der Waals surface area contributed by atoms with Crippen molar-refractivity contribution in [3.63, 3.8) is 0 Å². The summed E-state index contributed by atoms with van der Waals surface area (Å²) < 4.78 is 5.06. The minimum absolute atomic E-state index is 0.326. The van der Waals surface area contributed by atoms with Gasteiger partial charge >= 0.3 is 5.69 Å². The first-order valence-corrected chi connectivity index (χ1v) is 4.92. The molecule has 6 heteroatoms. The van der Waals surface area contributed by atoms with E-state index in [4.69, 9.17) is 4.74 Å². The maximum absolute atomic E-state index is 11.1. The largest absolute Gasteiger partial charge is 0.497 e. The van der Waals surface area contributed by atoms with Crippen molar-refractivity contribution in [2.45, 2.75) is 0 Å². The zero-order valence-corrected chi connectivity index (χ0v) is 9.11. The molecule has 0 fully saturated rings. The molecule has 0 spiro atoms. The molecule has 0 unspecified atom stereocenters. The number of H-pyrrole nitrogens is 2. The summed E-state index contributed by atoms with van der Waals surface area (Å²) >= 11 is 0. The van der Waals surface area contributed by atoms with Gasteiger partial charge in [-0.3, -0.25) is 14.8 Å². The van der Waals surface area contributed by atoms with Crippen molar-refractivity contribution in [3.05, 3.63) is 51.2 Å². The van der Waals surface area contributed by atoms with Gasteiger partial charge in [-0.2, -0.15) is 0 Å². The molecule has 0 aliphatic rings. The molecule has 0 radical (unpaired) electrons. The van der Waals surface area contributed by atoms with Gasteiger partial charge in [0, 0.05) is 17.8 Å². The van der Waals surface area contributed by atoms with Crippen LogP contribution in [-0.2, 0) is 0 Å². The Kier molecular flexibility index (Phi) is 2.95. The zero-order valence-electron chi connectivity index (χ0n) is 9.11. The van der Waals surface area contributed by atoms with Gasteiger partial charge in [-0.15, -0.1) is 0 Å². The monoisotopic (exact) mass is 233 g/mol. The number of aromatic amines is 2. The molecular formula is C11H11N3O3. The Morgan fingerprint density at radius 2 is 2.00 bits per heavy atom. The van der Waals surface area contributed by atoms with E-state index in [1.54, 1.807) is 31.4 Å². The zero-order chi connectivity index (χ0) is 12.3. The maximum atomic E-state index is 11.1. The molecule has 1 heterocycles. The maximum Gasteiger partial charge on any atom is 0.327 e. The SMILES string of the molecule is COc1cccc(Nc2cc(=O)[nH]c(=O)[nH]2)c1. The second-order valence-electron chi connectivity index (χ2n) is 3.36. The highest BCUT2D eigenvalue weighted by atomic mass is 16.5. The minimum Gasteiger partial charge on any atom is -0.497 e. The van der Waals surface area contributed by atoms with Crippen molar-refractivity contribution in [3.8, 4) is 5.75 Å². The van der Waals surface area contributed by atoms with Crippen molar-refractivity contribution in [1.29, 1.82) is 0 Å². The summed E-state index contributed by atoms with van der Waals surface area (Å²) in [5.41, 5.74) is -0.298.